The fourth-order valence-corrected chi connectivity index (χ4v) is 1.12. The number of carboxylic acid groups (broad SMARTS) is 2. The summed E-state index contributed by atoms with van der Waals surface area (Å²) in [5.41, 5.74) is 4.75. The molecule has 1 rings (SSSR count). The summed E-state index contributed by atoms with van der Waals surface area (Å²) in [6.45, 7) is 0. The summed E-state index contributed by atoms with van der Waals surface area (Å²) in [4.78, 5) is 21.2. The van der Waals surface area contributed by atoms with Gasteiger partial charge in [-0.05, 0) is 12.1 Å². The smallest absolute Gasteiger partial charge is 0.337 e. The molecule has 6 heteroatoms. The van der Waals surface area contributed by atoms with E-state index in [1.54, 1.807) is 0 Å². The normalized spacial score (nSPS) is 9.79. The van der Waals surface area contributed by atoms with Crippen molar-refractivity contribution < 1.29 is 19.8 Å². The second-order valence-corrected chi connectivity index (χ2v) is 2.92. The van der Waals surface area contributed by atoms with Crippen molar-refractivity contribution in [3.63, 3.8) is 0 Å². The molecule has 5 nitrogen and oxygen atoms in total. The highest BCUT2D eigenvalue weighted by molar-refractivity contribution is 6.36. The molecule has 0 spiro atoms. The van der Waals surface area contributed by atoms with E-state index < -0.39 is 11.9 Å². The second kappa shape index (κ2) is 3.55. The highest BCUT2D eigenvalue weighted by atomic mass is 35.5. The molecule has 0 radical (unpaired) electrons. The molecule has 0 unspecified atom stereocenters. The fraction of sp³-hybridized carbons (Fsp3) is 0. The molecular formula is C8H6ClNO4. The number of benzene rings is 1. The van der Waals surface area contributed by atoms with Gasteiger partial charge in [0.2, 0.25) is 0 Å². The van der Waals surface area contributed by atoms with Crippen LogP contribution in [0.1, 0.15) is 20.7 Å². The lowest BCUT2D eigenvalue weighted by atomic mass is 10.1. The summed E-state index contributed by atoms with van der Waals surface area (Å²) in [6, 6.07) is 2.07. The van der Waals surface area contributed by atoms with Gasteiger partial charge in [0.05, 0.1) is 21.8 Å². The van der Waals surface area contributed by atoms with E-state index >= 15 is 0 Å². The molecule has 0 fully saturated rings. The molecule has 0 heterocycles. The van der Waals surface area contributed by atoms with Crippen LogP contribution in [0.25, 0.3) is 0 Å². The van der Waals surface area contributed by atoms with Crippen LogP contribution in [0.2, 0.25) is 5.02 Å². The zero-order valence-corrected chi connectivity index (χ0v) is 7.58. The lowest BCUT2D eigenvalue weighted by Crippen LogP contribution is -2.05. The Hall–Kier alpha value is -1.75. The number of aromatic carboxylic acids is 2. The predicted octanol–water partition coefficient (Wildman–Crippen LogP) is 1.32. The summed E-state index contributed by atoms with van der Waals surface area (Å²) in [6.07, 6.45) is 0. The van der Waals surface area contributed by atoms with E-state index in [9.17, 15) is 9.59 Å². The molecule has 0 saturated heterocycles. The summed E-state index contributed by atoms with van der Waals surface area (Å²) >= 11 is 5.57. The fourth-order valence-electron chi connectivity index (χ4n) is 0.926. The van der Waals surface area contributed by atoms with Crippen molar-refractivity contribution in [3.8, 4) is 0 Å². The minimum atomic E-state index is -1.31. The van der Waals surface area contributed by atoms with E-state index in [4.69, 9.17) is 27.5 Å². The van der Waals surface area contributed by atoms with Gasteiger partial charge < -0.3 is 15.9 Å². The van der Waals surface area contributed by atoms with Crippen LogP contribution in [0.3, 0.4) is 0 Å². The second-order valence-electron chi connectivity index (χ2n) is 2.54. The maximum atomic E-state index is 10.6. The van der Waals surface area contributed by atoms with Gasteiger partial charge in [0.25, 0.3) is 0 Å². The van der Waals surface area contributed by atoms with Gasteiger partial charge in [0, 0.05) is 0 Å². The van der Waals surface area contributed by atoms with Crippen LogP contribution in [-0.4, -0.2) is 22.2 Å². The first-order chi connectivity index (χ1) is 6.43. The number of carbonyl (C=O) groups is 2. The third kappa shape index (κ3) is 1.77. The number of carboxylic acids is 2. The average molecular weight is 216 g/mol. The van der Waals surface area contributed by atoms with Gasteiger partial charge in [0.1, 0.15) is 0 Å². The Morgan fingerprint density at radius 1 is 1.21 bits per heavy atom. The van der Waals surface area contributed by atoms with E-state index in [1.807, 2.05) is 0 Å². The van der Waals surface area contributed by atoms with Gasteiger partial charge in [-0.3, -0.25) is 0 Å². The maximum absolute atomic E-state index is 10.6. The largest absolute Gasteiger partial charge is 0.478 e. The lowest BCUT2D eigenvalue weighted by Gasteiger charge is -2.04. The van der Waals surface area contributed by atoms with Crippen LogP contribution in [0.5, 0.6) is 0 Å². The van der Waals surface area contributed by atoms with Gasteiger partial charge >= 0.3 is 11.9 Å². The van der Waals surface area contributed by atoms with Gasteiger partial charge in [-0.2, -0.15) is 0 Å². The van der Waals surface area contributed by atoms with Gasteiger partial charge in [-0.1, -0.05) is 11.6 Å². The molecule has 0 aliphatic heterocycles. The van der Waals surface area contributed by atoms with Crippen LogP contribution in [0.4, 0.5) is 5.69 Å². The van der Waals surface area contributed by atoms with Gasteiger partial charge in [-0.25, -0.2) is 9.59 Å². The molecule has 0 saturated carbocycles. The third-order valence-electron chi connectivity index (χ3n) is 1.58. The molecule has 0 amide bonds. The number of halogens is 1. The number of nitrogens with two attached hydrogens (primary N) is 1. The topological polar surface area (TPSA) is 101 Å². The van der Waals surface area contributed by atoms with Crippen LogP contribution in [-0.2, 0) is 0 Å². The number of anilines is 1. The zero-order chi connectivity index (χ0) is 10.9. The number of hydrogen-bond donors (Lipinski definition) is 3. The van der Waals surface area contributed by atoms with E-state index in [0.29, 0.717) is 0 Å². The molecule has 0 atom stereocenters. The number of rotatable bonds is 2. The summed E-state index contributed by atoms with van der Waals surface area (Å²) < 4.78 is 0. The Morgan fingerprint density at radius 2 is 1.79 bits per heavy atom. The maximum Gasteiger partial charge on any atom is 0.337 e. The molecule has 0 aliphatic rings. The molecule has 14 heavy (non-hydrogen) atoms. The van der Waals surface area contributed by atoms with Crippen molar-refractivity contribution in [1.29, 1.82) is 0 Å². The van der Waals surface area contributed by atoms with Crippen molar-refractivity contribution in [2.75, 3.05) is 5.73 Å². The quantitative estimate of drug-likeness (QED) is 0.646. The zero-order valence-electron chi connectivity index (χ0n) is 6.82. The van der Waals surface area contributed by atoms with Crippen molar-refractivity contribution in [3.05, 3.63) is 28.3 Å². The SMILES string of the molecule is Nc1cc(C(=O)O)cc(C(=O)O)c1Cl. The van der Waals surface area contributed by atoms with E-state index in [1.165, 1.54) is 0 Å². The van der Waals surface area contributed by atoms with Crippen molar-refractivity contribution in [2.45, 2.75) is 0 Å². The van der Waals surface area contributed by atoms with Crippen molar-refractivity contribution >= 4 is 29.2 Å². The highest BCUT2D eigenvalue weighted by Crippen LogP contribution is 2.25. The summed E-state index contributed by atoms with van der Waals surface area (Å²) in [5.74, 6) is -2.57. The Labute approximate surface area is 83.7 Å². The van der Waals surface area contributed by atoms with Crippen LogP contribution in [0.15, 0.2) is 12.1 Å². The first kappa shape index (κ1) is 10.3. The van der Waals surface area contributed by atoms with Gasteiger partial charge in [-0.15, -0.1) is 0 Å². The summed E-state index contributed by atoms with van der Waals surface area (Å²) in [7, 11) is 0. The van der Waals surface area contributed by atoms with Crippen LogP contribution < -0.4 is 5.73 Å². The van der Waals surface area contributed by atoms with E-state index in [2.05, 4.69) is 0 Å². The van der Waals surface area contributed by atoms with Crippen molar-refractivity contribution in [1.82, 2.24) is 0 Å². The van der Waals surface area contributed by atoms with Crippen molar-refractivity contribution in [2.24, 2.45) is 0 Å². The Kier molecular flexibility index (Phi) is 2.62. The molecule has 4 N–H and O–H groups in total. The Morgan fingerprint density at radius 3 is 2.21 bits per heavy atom. The minimum absolute atomic E-state index is 0.0658. The molecule has 1 aromatic rings. The first-order valence-electron chi connectivity index (χ1n) is 3.49. The highest BCUT2D eigenvalue weighted by Gasteiger charge is 2.15. The first-order valence-corrected chi connectivity index (χ1v) is 3.87. The minimum Gasteiger partial charge on any atom is -0.478 e. The molecule has 0 aromatic heterocycles. The Balaban J connectivity index is 3.43. The van der Waals surface area contributed by atoms with Gasteiger partial charge in [0.15, 0.2) is 0 Å². The lowest BCUT2D eigenvalue weighted by molar-refractivity contribution is 0.0696. The molecule has 0 bridgehead atoms. The van der Waals surface area contributed by atoms with Crippen LogP contribution >= 0.6 is 11.6 Å². The molecule has 1 aromatic carbocycles. The molecule has 0 aliphatic carbocycles. The average Bonchev–Trinajstić information content (AvgIpc) is 2.08. The number of nitrogen functional groups attached to an aromatic ring is 1. The molecular weight excluding hydrogens is 210 g/mol. The predicted molar refractivity (Wildman–Crippen MR) is 49.8 cm³/mol. The standard InChI is InChI=1S/C8H6ClNO4/c9-6-4(8(13)14)1-3(7(11)12)2-5(6)10/h1-2H,10H2,(H,11,12)(H,13,14). The molecule has 74 valence electrons. The van der Waals surface area contributed by atoms with Crippen LogP contribution in [0, 0.1) is 0 Å². The van der Waals surface area contributed by atoms with E-state index in [-0.39, 0.29) is 21.8 Å². The summed E-state index contributed by atoms with van der Waals surface area (Å²) in [5, 5.41) is 17.1. The number of hydrogen-bond acceptors (Lipinski definition) is 3. The Bertz CT molecular complexity index is 416. The third-order valence-corrected chi connectivity index (χ3v) is 2.00. The van der Waals surface area contributed by atoms with E-state index in [0.717, 1.165) is 12.1 Å². The monoisotopic (exact) mass is 215 g/mol.